The monoisotopic (exact) mass is 324 g/mol. The standard InChI is InChI=1S/C20H20O4/c1-12(2)19-17(22-3)9-13(10-18(19)23-4)15-11-24-16-8-6-5-7-14(16)20(15)21/h5-12H,1-4H3. The van der Waals surface area contributed by atoms with Gasteiger partial charge in [-0.15, -0.1) is 0 Å². The molecule has 0 aliphatic heterocycles. The first-order valence-electron chi connectivity index (χ1n) is 7.83. The van der Waals surface area contributed by atoms with Crippen molar-refractivity contribution in [1.82, 2.24) is 0 Å². The maximum Gasteiger partial charge on any atom is 0.200 e. The van der Waals surface area contributed by atoms with Crippen LogP contribution in [0.1, 0.15) is 25.3 Å². The topological polar surface area (TPSA) is 48.7 Å². The quantitative estimate of drug-likeness (QED) is 0.703. The highest BCUT2D eigenvalue weighted by Crippen LogP contribution is 2.39. The second-order valence-corrected chi connectivity index (χ2v) is 5.92. The molecule has 0 aliphatic carbocycles. The van der Waals surface area contributed by atoms with Crippen LogP contribution in [0.3, 0.4) is 0 Å². The Labute approximate surface area is 140 Å². The average molecular weight is 324 g/mol. The largest absolute Gasteiger partial charge is 0.496 e. The molecule has 124 valence electrons. The van der Waals surface area contributed by atoms with Crippen LogP contribution in [-0.4, -0.2) is 14.2 Å². The summed E-state index contributed by atoms with van der Waals surface area (Å²) < 4.78 is 16.7. The Morgan fingerprint density at radius 2 is 1.62 bits per heavy atom. The Hall–Kier alpha value is -2.75. The second kappa shape index (κ2) is 6.40. The van der Waals surface area contributed by atoms with E-state index in [0.29, 0.717) is 33.6 Å². The molecule has 0 radical (unpaired) electrons. The Bertz CT molecular complexity index is 913. The van der Waals surface area contributed by atoms with Crippen molar-refractivity contribution in [3.8, 4) is 22.6 Å². The summed E-state index contributed by atoms with van der Waals surface area (Å²) in [7, 11) is 3.24. The molecule has 0 bridgehead atoms. The number of methoxy groups -OCH3 is 2. The number of fused-ring (bicyclic) bond motifs is 1. The summed E-state index contributed by atoms with van der Waals surface area (Å²) in [4.78, 5) is 12.8. The SMILES string of the molecule is COc1cc(-c2coc3ccccc3c2=O)cc(OC)c1C(C)C. The van der Waals surface area contributed by atoms with Gasteiger partial charge < -0.3 is 13.9 Å². The van der Waals surface area contributed by atoms with Gasteiger partial charge in [0.2, 0.25) is 0 Å². The van der Waals surface area contributed by atoms with E-state index in [1.807, 2.05) is 24.3 Å². The molecule has 0 atom stereocenters. The first-order chi connectivity index (χ1) is 11.6. The second-order valence-electron chi connectivity index (χ2n) is 5.92. The van der Waals surface area contributed by atoms with Crippen LogP contribution < -0.4 is 14.9 Å². The van der Waals surface area contributed by atoms with Gasteiger partial charge >= 0.3 is 0 Å². The van der Waals surface area contributed by atoms with Crippen LogP contribution in [-0.2, 0) is 0 Å². The number of para-hydroxylation sites is 1. The van der Waals surface area contributed by atoms with Crippen molar-refractivity contribution in [3.05, 3.63) is 58.4 Å². The minimum atomic E-state index is -0.0711. The molecule has 24 heavy (non-hydrogen) atoms. The highest BCUT2D eigenvalue weighted by atomic mass is 16.5. The van der Waals surface area contributed by atoms with Gasteiger partial charge in [0.25, 0.3) is 0 Å². The Morgan fingerprint density at radius 1 is 1.00 bits per heavy atom. The van der Waals surface area contributed by atoms with Crippen LogP contribution in [0.2, 0.25) is 0 Å². The van der Waals surface area contributed by atoms with Crippen molar-refractivity contribution < 1.29 is 13.9 Å². The lowest BCUT2D eigenvalue weighted by Gasteiger charge is -2.17. The molecule has 0 saturated heterocycles. The summed E-state index contributed by atoms with van der Waals surface area (Å²) in [6, 6.07) is 10.9. The van der Waals surface area contributed by atoms with Crippen LogP contribution >= 0.6 is 0 Å². The van der Waals surface area contributed by atoms with Crippen LogP contribution in [0.15, 0.2) is 51.9 Å². The van der Waals surface area contributed by atoms with E-state index in [9.17, 15) is 4.79 Å². The van der Waals surface area contributed by atoms with E-state index in [0.717, 1.165) is 5.56 Å². The molecule has 3 rings (SSSR count). The zero-order valence-corrected chi connectivity index (χ0v) is 14.3. The zero-order valence-electron chi connectivity index (χ0n) is 14.3. The van der Waals surface area contributed by atoms with Crippen molar-refractivity contribution in [1.29, 1.82) is 0 Å². The summed E-state index contributed by atoms with van der Waals surface area (Å²) in [6.07, 6.45) is 1.49. The van der Waals surface area contributed by atoms with E-state index in [4.69, 9.17) is 13.9 Å². The fraction of sp³-hybridized carbons (Fsp3) is 0.250. The Balaban J connectivity index is 2.27. The van der Waals surface area contributed by atoms with Gasteiger partial charge in [-0.3, -0.25) is 4.79 Å². The molecule has 0 saturated carbocycles. The summed E-state index contributed by atoms with van der Waals surface area (Å²) in [6.45, 7) is 4.15. The smallest absolute Gasteiger partial charge is 0.200 e. The predicted octanol–water partition coefficient (Wildman–Crippen LogP) is 4.60. The number of ether oxygens (including phenoxy) is 2. The predicted molar refractivity (Wildman–Crippen MR) is 95.1 cm³/mol. The molecule has 0 aliphatic rings. The van der Waals surface area contributed by atoms with Crippen LogP contribution in [0, 0.1) is 0 Å². The summed E-state index contributed by atoms with van der Waals surface area (Å²) in [5, 5.41) is 0.556. The number of rotatable bonds is 4. The maximum absolute atomic E-state index is 12.8. The third-order valence-electron chi connectivity index (χ3n) is 4.11. The number of hydrogen-bond donors (Lipinski definition) is 0. The molecule has 0 spiro atoms. The summed E-state index contributed by atoms with van der Waals surface area (Å²) in [5.74, 6) is 1.63. The third-order valence-corrected chi connectivity index (χ3v) is 4.11. The van der Waals surface area contributed by atoms with E-state index >= 15 is 0 Å². The number of hydrogen-bond acceptors (Lipinski definition) is 4. The van der Waals surface area contributed by atoms with E-state index in [2.05, 4.69) is 13.8 Å². The molecule has 1 heterocycles. The lowest BCUT2D eigenvalue weighted by Crippen LogP contribution is -2.06. The molecule has 0 unspecified atom stereocenters. The van der Waals surface area contributed by atoms with Crippen molar-refractivity contribution in [2.75, 3.05) is 14.2 Å². The highest BCUT2D eigenvalue weighted by Gasteiger charge is 2.18. The van der Waals surface area contributed by atoms with Gasteiger partial charge in [0.1, 0.15) is 23.3 Å². The van der Waals surface area contributed by atoms with Crippen molar-refractivity contribution in [2.24, 2.45) is 0 Å². The van der Waals surface area contributed by atoms with Gasteiger partial charge in [0, 0.05) is 5.56 Å². The first-order valence-corrected chi connectivity index (χ1v) is 7.83. The van der Waals surface area contributed by atoms with Crippen LogP contribution in [0.25, 0.3) is 22.1 Å². The van der Waals surface area contributed by atoms with Crippen molar-refractivity contribution >= 4 is 11.0 Å². The molecular weight excluding hydrogens is 304 g/mol. The molecule has 3 aromatic rings. The summed E-state index contributed by atoms with van der Waals surface area (Å²) >= 11 is 0. The number of benzene rings is 2. The van der Waals surface area contributed by atoms with Crippen molar-refractivity contribution in [2.45, 2.75) is 19.8 Å². The van der Waals surface area contributed by atoms with Gasteiger partial charge in [0.15, 0.2) is 5.43 Å². The summed E-state index contributed by atoms with van der Waals surface area (Å²) in [5.41, 5.74) is 2.68. The Kier molecular flexibility index (Phi) is 4.30. The maximum atomic E-state index is 12.8. The lowest BCUT2D eigenvalue weighted by atomic mass is 9.96. The van der Waals surface area contributed by atoms with E-state index in [-0.39, 0.29) is 11.3 Å². The zero-order chi connectivity index (χ0) is 17.3. The van der Waals surface area contributed by atoms with Gasteiger partial charge in [0.05, 0.1) is 25.2 Å². The normalized spacial score (nSPS) is 11.0. The van der Waals surface area contributed by atoms with Crippen LogP contribution in [0.5, 0.6) is 11.5 Å². The van der Waals surface area contributed by atoms with Crippen molar-refractivity contribution in [3.63, 3.8) is 0 Å². The van der Waals surface area contributed by atoms with Gasteiger partial charge in [-0.1, -0.05) is 26.0 Å². The highest BCUT2D eigenvalue weighted by molar-refractivity contribution is 5.82. The fourth-order valence-corrected chi connectivity index (χ4v) is 2.94. The Morgan fingerprint density at radius 3 is 2.21 bits per heavy atom. The third kappa shape index (κ3) is 2.64. The molecule has 1 aromatic heterocycles. The molecule has 4 heteroatoms. The van der Waals surface area contributed by atoms with Gasteiger partial charge in [-0.25, -0.2) is 0 Å². The fourth-order valence-electron chi connectivity index (χ4n) is 2.94. The van der Waals surface area contributed by atoms with E-state index in [1.165, 1.54) is 6.26 Å². The first kappa shape index (κ1) is 16.1. The van der Waals surface area contributed by atoms with Gasteiger partial charge in [-0.2, -0.15) is 0 Å². The van der Waals surface area contributed by atoms with E-state index in [1.54, 1.807) is 26.4 Å². The van der Waals surface area contributed by atoms with Crippen LogP contribution in [0.4, 0.5) is 0 Å². The molecule has 4 nitrogen and oxygen atoms in total. The lowest BCUT2D eigenvalue weighted by molar-refractivity contribution is 0.382. The van der Waals surface area contributed by atoms with Gasteiger partial charge in [-0.05, 0) is 35.7 Å². The minimum Gasteiger partial charge on any atom is -0.496 e. The van der Waals surface area contributed by atoms with E-state index < -0.39 is 0 Å². The molecule has 2 aromatic carbocycles. The molecule has 0 amide bonds. The average Bonchev–Trinajstić information content (AvgIpc) is 2.60. The minimum absolute atomic E-state index is 0.0711. The molecular formula is C20H20O4. The molecule has 0 N–H and O–H groups in total. The molecule has 0 fully saturated rings.